The predicted molar refractivity (Wildman–Crippen MR) is 72.0 cm³/mol. The molecule has 0 aliphatic carbocycles. The van der Waals surface area contributed by atoms with E-state index in [-0.39, 0.29) is 0 Å². The first-order chi connectivity index (χ1) is 8.31. The lowest BCUT2D eigenvalue weighted by molar-refractivity contribution is 1.12. The highest BCUT2D eigenvalue weighted by Gasteiger charge is 2.01. The third-order valence-electron chi connectivity index (χ3n) is 2.96. The molecule has 0 atom stereocenters. The summed E-state index contributed by atoms with van der Waals surface area (Å²) in [5, 5.41) is 1.26. The molecule has 2 heteroatoms. The number of nitrogen functional groups attached to an aromatic ring is 1. The summed E-state index contributed by atoms with van der Waals surface area (Å²) in [5.41, 5.74) is 10.2. The summed E-state index contributed by atoms with van der Waals surface area (Å²) in [6.07, 6.45) is 0.912. The number of fused-ring (bicyclic) bond motifs is 1. The lowest BCUT2D eigenvalue weighted by Crippen LogP contribution is -1.89. The number of hydrogen-bond donors (Lipinski definition) is 2. The van der Waals surface area contributed by atoms with Crippen molar-refractivity contribution in [2.75, 3.05) is 5.73 Å². The third-order valence-corrected chi connectivity index (χ3v) is 2.96. The molecule has 3 aromatic rings. The van der Waals surface area contributed by atoms with Crippen LogP contribution in [-0.4, -0.2) is 4.98 Å². The molecule has 2 nitrogen and oxygen atoms in total. The van der Waals surface area contributed by atoms with E-state index in [0.717, 1.165) is 12.1 Å². The normalized spacial score (nSPS) is 10.8. The van der Waals surface area contributed by atoms with E-state index in [9.17, 15) is 0 Å². The Labute approximate surface area is 100 Å². The molecule has 17 heavy (non-hydrogen) atoms. The van der Waals surface area contributed by atoms with Crippen LogP contribution in [0.15, 0.2) is 54.6 Å². The maximum absolute atomic E-state index is 5.67. The lowest BCUT2D eigenvalue weighted by atomic mass is 10.1. The first-order valence-corrected chi connectivity index (χ1v) is 5.72. The lowest BCUT2D eigenvalue weighted by Gasteiger charge is -1.99. The second-order valence-corrected chi connectivity index (χ2v) is 4.30. The molecule has 1 aromatic heterocycles. The summed E-state index contributed by atoms with van der Waals surface area (Å²) >= 11 is 0. The summed E-state index contributed by atoms with van der Waals surface area (Å²) in [5.74, 6) is 0. The molecule has 0 amide bonds. The summed E-state index contributed by atoms with van der Waals surface area (Å²) in [6.45, 7) is 0. The van der Waals surface area contributed by atoms with Crippen molar-refractivity contribution < 1.29 is 0 Å². The molecule has 3 rings (SSSR count). The average molecular weight is 222 g/mol. The highest BCUT2D eigenvalue weighted by atomic mass is 14.7. The van der Waals surface area contributed by atoms with Gasteiger partial charge in [0.25, 0.3) is 0 Å². The minimum atomic E-state index is 0.811. The van der Waals surface area contributed by atoms with Crippen LogP contribution in [0.4, 0.5) is 5.69 Å². The van der Waals surface area contributed by atoms with Gasteiger partial charge in [-0.15, -0.1) is 0 Å². The number of benzene rings is 2. The average Bonchev–Trinajstić information content (AvgIpc) is 2.74. The molecule has 0 unspecified atom stereocenters. The molecule has 1 heterocycles. The highest BCUT2D eigenvalue weighted by molar-refractivity contribution is 5.80. The highest BCUT2D eigenvalue weighted by Crippen LogP contribution is 2.17. The first-order valence-electron chi connectivity index (χ1n) is 5.72. The van der Waals surface area contributed by atoms with E-state index in [2.05, 4.69) is 41.4 Å². The van der Waals surface area contributed by atoms with Gasteiger partial charge in [0.1, 0.15) is 0 Å². The number of H-pyrrole nitrogens is 1. The van der Waals surface area contributed by atoms with E-state index in [4.69, 9.17) is 5.73 Å². The van der Waals surface area contributed by atoms with Crippen LogP contribution in [0.5, 0.6) is 0 Å². The summed E-state index contributed by atoms with van der Waals surface area (Å²) in [7, 11) is 0. The van der Waals surface area contributed by atoms with Crippen LogP contribution in [0, 0.1) is 0 Å². The van der Waals surface area contributed by atoms with Crippen LogP contribution in [0.1, 0.15) is 11.3 Å². The van der Waals surface area contributed by atoms with Gasteiger partial charge in [-0.2, -0.15) is 0 Å². The number of hydrogen-bond acceptors (Lipinski definition) is 1. The van der Waals surface area contributed by atoms with E-state index in [1.807, 2.05) is 18.2 Å². The fourth-order valence-corrected chi connectivity index (χ4v) is 2.08. The molecule has 84 valence electrons. The van der Waals surface area contributed by atoms with Crippen molar-refractivity contribution in [3.8, 4) is 0 Å². The summed E-state index contributed by atoms with van der Waals surface area (Å²) < 4.78 is 0. The van der Waals surface area contributed by atoms with Crippen LogP contribution in [0.3, 0.4) is 0 Å². The van der Waals surface area contributed by atoms with Gasteiger partial charge in [-0.25, -0.2) is 0 Å². The molecule has 0 aliphatic heterocycles. The molecular formula is C15H14N2. The Kier molecular flexibility index (Phi) is 2.33. The van der Waals surface area contributed by atoms with Crippen molar-refractivity contribution in [3.63, 3.8) is 0 Å². The molecule has 0 bridgehead atoms. The maximum Gasteiger partial charge on any atom is 0.0456 e. The Balaban J connectivity index is 1.92. The van der Waals surface area contributed by atoms with Gasteiger partial charge < -0.3 is 10.7 Å². The zero-order chi connectivity index (χ0) is 11.7. The molecule has 2 aromatic carbocycles. The Hall–Kier alpha value is -2.22. The van der Waals surface area contributed by atoms with Gasteiger partial charge in [-0.1, -0.05) is 30.3 Å². The quantitative estimate of drug-likeness (QED) is 0.641. The van der Waals surface area contributed by atoms with Crippen molar-refractivity contribution in [1.82, 2.24) is 4.98 Å². The van der Waals surface area contributed by atoms with E-state index in [0.29, 0.717) is 0 Å². The minimum Gasteiger partial charge on any atom is -0.399 e. The number of aromatic nitrogens is 1. The van der Waals surface area contributed by atoms with Gasteiger partial charge >= 0.3 is 0 Å². The van der Waals surface area contributed by atoms with Crippen molar-refractivity contribution in [2.24, 2.45) is 0 Å². The van der Waals surface area contributed by atoms with Crippen LogP contribution in [0.25, 0.3) is 10.9 Å². The molecule has 0 radical (unpaired) electrons. The Morgan fingerprint density at radius 2 is 1.71 bits per heavy atom. The van der Waals surface area contributed by atoms with Crippen molar-refractivity contribution in [2.45, 2.75) is 6.42 Å². The van der Waals surface area contributed by atoms with E-state index < -0.39 is 0 Å². The van der Waals surface area contributed by atoms with Crippen LogP contribution in [-0.2, 0) is 6.42 Å². The third kappa shape index (κ3) is 2.02. The van der Waals surface area contributed by atoms with Gasteiger partial charge in [0.15, 0.2) is 0 Å². The van der Waals surface area contributed by atoms with Crippen LogP contribution < -0.4 is 5.73 Å². The van der Waals surface area contributed by atoms with Crippen molar-refractivity contribution >= 4 is 16.6 Å². The molecule has 0 aliphatic rings. The SMILES string of the molecule is Nc1ccc(Cc2cc3ccccc3[nH]2)cc1. The molecule has 0 saturated heterocycles. The smallest absolute Gasteiger partial charge is 0.0456 e. The Bertz CT molecular complexity index is 602. The van der Waals surface area contributed by atoms with E-state index in [1.54, 1.807) is 0 Å². The standard InChI is InChI=1S/C15H14N2/c16-13-7-5-11(6-8-13)9-14-10-12-3-1-2-4-15(12)17-14/h1-8,10,17H,9,16H2. The van der Waals surface area contributed by atoms with Crippen molar-refractivity contribution in [1.29, 1.82) is 0 Å². The zero-order valence-electron chi connectivity index (χ0n) is 9.48. The second kappa shape index (κ2) is 3.98. The van der Waals surface area contributed by atoms with Gasteiger partial charge in [0.05, 0.1) is 0 Å². The largest absolute Gasteiger partial charge is 0.399 e. The monoisotopic (exact) mass is 222 g/mol. The van der Waals surface area contributed by atoms with Gasteiger partial charge in [-0.3, -0.25) is 0 Å². The van der Waals surface area contributed by atoms with Crippen LogP contribution in [0.2, 0.25) is 0 Å². The molecule has 0 saturated carbocycles. The van der Waals surface area contributed by atoms with Crippen molar-refractivity contribution in [3.05, 3.63) is 65.9 Å². The summed E-state index contributed by atoms with van der Waals surface area (Å²) in [6, 6.07) is 18.6. The Morgan fingerprint density at radius 3 is 2.47 bits per heavy atom. The number of nitrogens with two attached hydrogens (primary N) is 1. The summed E-state index contributed by atoms with van der Waals surface area (Å²) in [4.78, 5) is 3.43. The van der Waals surface area contributed by atoms with E-state index in [1.165, 1.54) is 22.2 Å². The van der Waals surface area contributed by atoms with Gasteiger partial charge in [0.2, 0.25) is 0 Å². The maximum atomic E-state index is 5.67. The zero-order valence-corrected chi connectivity index (χ0v) is 9.48. The first kappa shape index (κ1) is 9.97. The number of para-hydroxylation sites is 1. The predicted octanol–water partition coefficient (Wildman–Crippen LogP) is 3.34. The second-order valence-electron chi connectivity index (χ2n) is 4.30. The molecule has 0 spiro atoms. The van der Waals surface area contributed by atoms with Gasteiger partial charge in [-0.05, 0) is 35.2 Å². The molecular weight excluding hydrogens is 208 g/mol. The van der Waals surface area contributed by atoms with Crippen LogP contribution >= 0.6 is 0 Å². The number of rotatable bonds is 2. The number of aromatic amines is 1. The fourth-order valence-electron chi connectivity index (χ4n) is 2.08. The topological polar surface area (TPSA) is 41.8 Å². The Morgan fingerprint density at radius 1 is 0.941 bits per heavy atom. The van der Waals surface area contributed by atoms with Gasteiger partial charge in [0, 0.05) is 23.3 Å². The van der Waals surface area contributed by atoms with E-state index >= 15 is 0 Å². The number of anilines is 1. The minimum absolute atomic E-state index is 0.811. The fraction of sp³-hybridized carbons (Fsp3) is 0.0667. The molecule has 0 fully saturated rings. The number of nitrogens with one attached hydrogen (secondary N) is 1. The molecule has 3 N–H and O–H groups in total.